The van der Waals surface area contributed by atoms with Gasteiger partial charge < -0.3 is 4.57 Å². The Bertz CT molecular complexity index is 1350. The van der Waals surface area contributed by atoms with Crippen molar-refractivity contribution in [1.29, 1.82) is 0 Å². The summed E-state index contributed by atoms with van der Waals surface area (Å²) in [5, 5.41) is 1.87. The number of rotatable bonds is 3. The summed E-state index contributed by atoms with van der Waals surface area (Å²) in [6.45, 7) is 0. The maximum atomic E-state index is 6.08. The van der Waals surface area contributed by atoms with Crippen LogP contribution in [0.15, 0.2) is 73.6 Å². The first-order valence-corrected chi connectivity index (χ1v) is 9.63. The molecule has 0 amide bonds. The normalized spacial score (nSPS) is 15.3. The van der Waals surface area contributed by atoms with Crippen LogP contribution in [-0.4, -0.2) is 23.9 Å². The largest absolute Gasteiger partial charge is 0.320 e. The Balaban J connectivity index is 1.51. The number of hydrogen-bond acceptors (Lipinski definition) is 3. The van der Waals surface area contributed by atoms with Gasteiger partial charge in [-0.25, -0.2) is 9.97 Å². The standard InChI is InChI=1S/C22H16ClN5/c23-17-5-9-27(13-17)18-11-25-21-26-12-20(28(21)14-18)22(6-7-22)16-3-4-19-15(10-16)2-1-8-24-19/h1-5,8-14H,6-7H2. The van der Waals surface area contributed by atoms with Gasteiger partial charge in [-0.2, -0.15) is 0 Å². The molecule has 0 saturated heterocycles. The molecule has 136 valence electrons. The zero-order valence-electron chi connectivity index (χ0n) is 15.0. The summed E-state index contributed by atoms with van der Waals surface area (Å²) in [6.07, 6.45) is 13.7. The minimum absolute atomic E-state index is 0.0158. The van der Waals surface area contributed by atoms with Crippen molar-refractivity contribution in [2.24, 2.45) is 0 Å². The molecule has 4 heterocycles. The molecule has 1 aliphatic carbocycles. The van der Waals surface area contributed by atoms with E-state index in [1.165, 1.54) is 16.6 Å². The summed E-state index contributed by atoms with van der Waals surface area (Å²) >= 11 is 6.08. The van der Waals surface area contributed by atoms with Gasteiger partial charge in [-0.1, -0.05) is 23.7 Å². The highest BCUT2D eigenvalue weighted by Gasteiger charge is 2.48. The molecule has 6 rings (SSSR count). The van der Waals surface area contributed by atoms with Crippen LogP contribution < -0.4 is 0 Å². The summed E-state index contributed by atoms with van der Waals surface area (Å²) in [5.74, 6) is 0.714. The molecule has 0 N–H and O–H groups in total. The van der Waals surface area contributed by atoms with Gasteiger partial charge in [0.25, 0.3) is 0 Å². The Kier molecular flexibility index (Phi) is 3.20. The van der Waals surface area contributed by atoms with Crippen LogP contribution >= 0.6 is 11.6 Å². The molecule has 5 nitrogen and oxygen atoms in total. The predicted molar refractivity (Wildman–Crippen MR) is 109 cm³/mol. The van der Waals surface area contributed by atoms with Crippen LogP contribution in [0.25, 0.3) is 22.4 Å². The first-order valence-electron chi connectivity index (χ1n) is 9.26. The molecule has 1 saturated carbocycles. The van der Waals surface area contributed by atoms with E-state index in [4.69, 9.17) is 11.6 Å². The molecule has 0 bridgehead atoms. The first-order chi connectivity index (χ1) is 13.7. The highest BCUT2D eigenvalue weighted by molar-refractivity contribution is 6.30. The van der Waals surface area contributed by atoms with Crippen LogP contribution in [0.4, 0.5) is 0 Å². The lowest BCUT2D eigenvalue weighted by molar-refractivity contribution is 0.785. The van der Waals surface area contributed by atoms with E-state index >= 15 is 0 Å². The zero-order valence-corrected chi connectivity index (χ0v) is 15.7. The molecule has 1 fully saturated rings. The molecule has 0 aliphatic heterocycles. The van der Waals surface area contributed by atoms with E-state index in [-0.39, 0.29) is 5.41 Å². The molecule has 0 radical (unpaired) electrons. The number of nitrogens with zero attached hydrogens (tertiary/aromatic N) is 5. The van der Waals surface area contributed by atoms with Crippen molar-refractivity contribution >= 4 is 28.3 Å². The van der Waals surface area contributed by atoms with Gasteiger partial charge in [0.15, 0.2) is 0 Å². The SMILES string of the molecule is Clc1ccn(-c2cnc3ncc(C4(c5ccc6ncccc6c5)CC4)n3c2)c1. The van der Waals surface area contributed by atoms with Crippen molar-refractivity contribution in [2.45, 2.75) is 18.3 Å². The summed E-state index contributed by atoms with van der Waals surface area (Å²) in [7, 11) is 0. The lowest BCUT2D eigenvalue weighted by Crippen LogP contribution is -2.12. The average molecular weight is 386 g/mol. The van der Waals surface area contributed by atoms with Crippen molar-refractivity contribution in [3.05, 3.63) is 89.9 Å². The zero-order chi connectivity index (χ0) is 18.7. The minimum Gasteiger partial charge on any atom is -0.320 e. The summed E-state index contributed by atoms with van der Waals surface area (Å²) in [5.41, 5.74) is 4.45. The van der Waals surface area contributed by atoms with Crippen molar-refractivity contribution in [2.75, 3.05) is 0 Å². The molecular formula is C22H16ClN5. The van der Waals surface area contributed by atoms with Crippen molar-refractivity contribution in [3.8, 4) is 5.69 Å². The van der Waals surface area contributed by atoms with E-state index in [0.717, 1.165) is 24.0 Å². The Morgan fingerprint density at radius 2 is 1.86 bits per heavy atom. The predicted octanol–water partition coefficient (Wildman–Crippen LogP) is 4.80. The third kappa shape index (κ3) is 2.29. The fourth-order valence-electron chi connectivity index (χ4n) is 4.07. The van der Waals surface area contributed by atoms with Gasteiger partial charge in [0.05, 0.1) is 34.3 Å². The van der Waals surface area contributed by atoms with E-state index in [1.807, 2.05) is 47.7 Å². The molecule has 0 spiro atoms. The monoisotopic (exact) mass is 385 g/mol. The van der Waals surface area contributed by atoms with Crippen molar-refractivity contribution in [1.82, 2.24) is 23.9 Å². The van der Waals surface area contributed by atoms with E-state index < -0.39 is 0 Å². The molecule has 4 aromatic heterocycles. The van der Waals surface area contributed by atoms with E-state index in [2.05, 4.69) is 49.8 Å². The second kappa shape index (κ2) is 5.66. The lowest BCUT2D eigenvalue weighted by Gasteiger charge is -2.16. The second-order valence-corrected chi connectivity index (χ2v) is 7.79. The van der Waals surface area contributed by atoms with Gasteiger partial charge in [0, 0.05) is 35.6 Å². The molecule has 1 aromatic carbocycles. The van der Waals surface area contributed by atoms with Crippen LogP contribution in [0.3, 0.4) is 0 Å². The van der Waals surface area contributed by atoms with Crippen LogP contribution in [0, 0.1) is 0 Å². The maximum absolute atomic E-state index is 6.08. The van der Waals surface area contributed by atoms with Gasteiger partial charge in [-0.15, -0.1) is 0 Å². The van der Waals surface area contributed by atoms with Crippen LogP contribution in [0.1, 0.15) is 24.1 Å². The van der Waals surface area contributed by atoms with E-state index in [0.29, 0.717) is 10.8 Å². The highest BCUT2D eigenvalue weighted by Crippen LogP contribution is 2.53. The Hall–Kier alpha value is -3.18. The third-order valence-electron chi connectivity index (χ3n) is 5.70. The third-order valence-corrected chi connectivity index (χ3v) is 5.93. The number of pyridine rings is 1. The molecule has 1 aliphatic rings. The smallest absolute Gasteiger partial charge is 0.234 e. The van der Waals surface area contributed by atoms with Gasteiger partial charge in [0.2, 0.25) is 5.78 Å². The molecule has 5 aromatic rings. The van der Waals surface area contributed by atoms with Gasteiger partial charge in [0.1, 0.15) is 0 Å². The summed E-state index contributed by atoms with van der Waals surface area (Å²) in [6, 6.07) is 12.5. The highest BCUT2D eigenvalue weighted by atomic mass is 35.5. The Labute approximate surface area is 166 Å². The fourth-order valence-corrected chi connectivity index (χ4v) is 4.23. The number of fused-ring (bicyclic) bond motifs is 2. The van der Waals surface area contributed by atoms with Crippen molar-refractivity contribution in [3.63, 3.8) is 0 Å². The minimum atomic E-state index is -0.0158. The van der Waals surface area contributed by atoms with Gasteiger partial charge in [-0.3, -0.25) is 9.38 Å². The average Bonchev–Trinajstić information content (AvgIpc) is 3.23. The topological polar surface area (TPSA) is 48.0 Å². The van der Waals surface area contributed by atoms with E-state index in [1.54, 1.807) is 0 Å². The van der Waals surface area contributed by atoms with Crippen molar-refractivity contribution < 1.29 is 0 Å². The van der Waals surface area contributed by atoms with Crippen LogP contribution in [-0.2, 0) is 5.41 Å². The molecule has 28 heavy (non-hydrogen) atoms. The molecule has 0 unspecified atom stereocenters. The van der Waals surface area contributed by atoms with Crippen LogP contribution in [0.2, 0.25) is 5.02 Å². The number of imidazole rings is 1. The molecule has 0 atom stereocenters. The summed E-state index contributed by atoms with van der Waals surface area (Å²) in [4.78, 5) is 13.6. The fraction of sp³-hybridized carbons (Fsp3) is 0.136. The quantitative estimate of drug-likeness (QED) is 0.448. The molecule has 6 heteroatoms. The lowest BCUT2D eigenvalue weighted by atomic mass is 9.91. The number of hydrogen-bond donors (Lipinski definition) is 0. The number of aromatic nitrogens is 5. The van der Waals surface area contributed by atoms with Gasteiger partial charge in [-0.05, 0) is 42.7 Å². The second-order valence-electron chi connectivity index (χ2n) is 7.36. The summed E-state index contributed by atoms with van der Waals surface area (Å²) < 4.78 is 4.09. The maximum Gasteiger partial charge on any atom is 0.234 e. The first kappa shape index (κ1) is 15.8. The van der Waals surface area contributed by atoms with Crippen LogP contribution in [0.5, 0.6) is 0 Å². The molecular weight excluding hydrogens is 370 g/mol. The number of benzene rings is 1. The number of halogens is 1. The van der Waals surface area contributed by atoms with Gasteiger partial charge >= 0.3 is 0 Å². The Morgan fingerprint density at radius 3 is 2.68 bits per heavy atom. The van der Waals surface area contributed by atoms with E-state index in [9.17, 15) is 0 Å². The Morgan fingerprint density at radius 1 is 0.964 bits per heavy atom.